The van der Waals surface area contributed by atoms with Crippen molar-refractivity contribution >= 4 is 17.9 Å². The van der Waals surface area contributed by atoms with Crippen molar-refractivity contribution in [1.29, 1.82) is 0 Å². The van der Waals surface area contributed by atoms with E-state index in [4.69, 9.17) is 14.2 Å². The Balaban J connectivity index is 4.27. The van der Waals surface area contributed by atoms with E-state index in [2.05, 4.69) is 69.4 Å². The summed E-state index contributed by atoms with van der Waals surface area (Å²) in [6.07, 6.45) is 74.0. The van der Waals surface area contributed by atoms with Crippen LogP contribution in [0.25, 0.3) is 0 Å². The van der Waals surface area contributed by atoms with E-state index in [9.17, 15) is 14.4 Å². The van der Waals surface area contributed by atoms with Crippen LogP contribution in [0, 0.1) is 0 Å². The lowest BCUT2D eigenvalue weighted by Gasteiger charge is -2.18. The number of rotatable bonds is 57. The first-order valence-electron chi connectivity index (χ1n) is 31.1. The lowest BCUT2D eigenvalue weighted by atomic mass is 10.0. The van der Waals surface area contributed by atoms with Crippen LogP contribution in [0.3, 0.4) is 0 Å². The molecule has 0 heterocycles. The smallest absolute Gasteiger partial charge is 0.306 e. The summed E-state index contributed by atoms with van der Waals surface area (Å²) >= 11 is 0. The number of hydrogen-bond acceptors (Lipinski definition) is 6. The third kappa shape index (κ3) is 58.1. The van der Waals surface area contributed by atoms with Crippen molar-refractivity contribution in [3.63, 3.8) is 0 Å². The second-order valence-electron chi connectivity index (χ2n) is 21.0. The number of allylic oxidation sites excluding steroid dienone is 8. The van der Waals surface area contributed by atoms with E-state index in [0.29, 0.717) is 19.3 Å². The molecule has 0 radical (unpaired) electrons. The molecule has 0 rings (SSSR count). The standard InChI is InChI=1S/C65H118O6/c1-4-7-10-13-16-19-22-25-27-29-31-32-33-34-35-37-38-40-43-46-49-52-55-58-64(67)70-61-62(60-69-63(66)57-54-51-48-45-42-24-21-18-15-12-9-6-3)71-65(68)59-56-53-50-47-44-41-39-36-30-28-26-23-20-17-14-11-8-5-2/h7,10,16,19,25,27,31-32,62H,4-6,8-9,11-15,17-18,20-24,26,28-30,33-61H2,1-3H3/b10-7-,19-16-,27-25-,32-31-. The van der Waals surface area contributed by atoms with E-state index in [0.717, 1.165) is 83.5 Å². The minimum Gasteiger partial charge on any atom is -0.462 e. The predicted molar refractivity (Wildman–Crippen MR) is 307 cm³/mol. The Morgan fingerprint density at radius 3 is 0.859 bits per heavy atom. The molecule has 414 valence electrons. The molecule has 6 heteroatoms. The Morgan fingerprint density at radius 1 is 0.296 bits per heavy atom. The normalized spacial score (nSPS) is 12.3. The summed E-state index contributed by atoms with van der Waals surface area (Å²) in [6.45, 7) is 6.57. The van der Waals surface area contributed by atoms with E-state index in [-0.39, 0.29) is 31.1 Å². The highest BCUT2D eigenvalue weighted by Gasteiger charge is 2.19. The largest absolute Gasteiger partial charge is 0.462 e. The highest BCUT2D eigenvalue weighted by molar-refractivity contribution is 5.71. The van der Waals surface area contributed by atoms with Gasteiger partial charge in [-0.15, -0.1) is 0 Å². The Hall–Kier alpha value is -2.63. The molecule has 0 saturated carbocycles. The monoisotopic (exact) mass is 995 g/mol. The molecule has 0 fully saturated rings. The van der Waals surface area contributed by atoms with Gasteiger partial charge in [-0.1, -0.05) is 301 Å². The third-order valence-corrected chi connectivity index (χ3v) is 13.8. The highest BCUT2D eigenvalue weighted by Crippen LogP contribution is 2.17. The van der Waals surface area contributed by atoms with Crippen LogP contribution in [0.4, 0.5) is 0 Å². The maximum atomic E-state index is 12.9. The van der Waals surface area contributed by atoms with Gasteiger partial charge in [0.1, 0.15) is 13.2 Å². The molecule has 0 bridgehead atoms. The van der Waals surface area contributed by atoms with Crippen LogP contribution < -0.4 is 0 Å². The molecule has 0 aliphatic rings. The van der Waals surface area contributed by atoms with Gasteiger partial charge in [-0.2, -0.15) is 0 Å². The lowest BCUT2D eigenvalue weighted by molar-refractivity contribution is -0.167. The van der Waals surface area contributed by atoms with Crippen molar-refractivity contribution in [3.8, 4) is 0 Å². The summed E-state index contributed by atoms with van der Waals surface area (Å²) in [5, 5.41) is 0. The SMILES string of the molecule is CC/C=C\C/C=C\C/C=C\C/C=C\CCCCCCCCCCCCC(=O)OCC(COC(=O)CCCCCCCCCCCCCC)OC(=O)CCCCCCCCCCCCCCCCCCCC. The van der Waals surface area contributed by atoms with Crippen LogP contribution in [0.5, 0.6) is 0 Å². The fourth-order valence-corrected chi connectivity index (χ4v) is 9.20. The van der Waals surface area contributed by atoms with Gasteiger partial charge in [0, 0.05) is 19.3 Å². The van der Waals surface area contributed by atoms with Crippen LogP contribution in [0.2, 0.25) is 0 Å². The van der Waals surface area contributed by atoms with Crippen LogP contribution in [-0.2, 0) is 28.6 Å². The Bertz CT molecular complexity index is 1230. The van der Waals surface area contributed by atoms with Gasteiger partial charge in [-0.25, -0.2) is 0 Å². The van der Waals surface area contributed by atoms with Gasteiger partial charge in [-0.05, 0) is 57.8 Å². The Morgan fingerprint density at radius 2 is 0.549 bits per heavy atom. The summed E-state index contributed by atoms with van der Waals surface area (Å²) in [4.78, 5) is 38.2. The molecular formula is C65H118O6. The molecule has 0 aromatic heterocycles. The Kier molecular flexibility index (Phi) is 57.7. The third-order valence-electron chi connectivity index (χ3n) is 13.8. The fourth-order valence-electron chi connectivity index (χ4n) is 9.20. The van der Waals surface area contributed by atoms with Gasteiger partial charge in [0.05, 0.1) is 0 Å². The average Bonchev–Trinajstić information content (AvgIpc) is 3.37. The van der Waals surface area contributed by atoms with E-state index in [1.165, 1.54) is 205 Å². The van der Waals surface area contributed by atoms with Crippen molar-refractivity contribution < 1.29 is 28.6 Å². The summed E-state index contributed by atoms with van der Waals surface area (Å²) in [7, 11) is 0. The van der Waals surface area contributed by atoms with Gasteiger partial charge in [0.2, 0.25) is 0 Å². The minimum absolute atomic E-state index is 0.0689. The molecule has 0 N–H and O–H groups in total. The number of hydrogen-bond donors (Lipinski definition) is 0. The van der Waals surface area contributed by atoms with Crippen molar-refractivity contribution in [1.82, 2.24) is 0 Å². The van der Waals surface area contributed by atoms with Gasteiger partial charge in [0.15, 0.2) is 6.10 Å². The van der Waals surface area contributed by atoms with E-state index in [1.807, 2.05) is 0 Å². The topological polar surface area (TPSA) is 78.9 Å². The quantitative estimate of drug-likeness (QED) is 0.0261. The highest BCUT2D eigenvalue weighted by atomic mass is 16.6. The molecular weight excluding hydrogens is 877 g/mol. The summed E-state index contributed by atoms with van der Waals surface area (Å²) < 4.78 is 16.9. The molecule has 0 saturated heterocycles. The first-order chi connectivity index (χ1) is 35.0. The molecule has 0 aromatic rings. The molecule has 1 unspecified atom stereocenters. The van der Waals surface area contributed by atoms with E-state index in [1.54, 1.807) is 0 Å². The minimum atomic E-state index is -0.771. The molecule has 1 atom stereocenters. The van der Waals surface area contributed by atoms with Crippen LogP contribution >= 0.6 is 0 Å². The van der Waals surface area contributed by atoms with Gasteiger partial charge < -0.3 is 14.2 Å². The van der Waals surface area contributed by atoms with Crippen molar-refractivity contribution in [2.45, 2.75) is 335 Å². The van der Waals surface area contributed by atoms with Crippen molar-refractivity contribution in [2.24, 2.45) is 0 Å². The number of esters is 3. The summed E-state index contributed by atoms with van der Waals surface area (Å²) in [6, 6.07) is 0. The zero-order valence-corrected chi connectivity index (χ0v) is 47.5. The lowest BCUT2D eigenvalue weighted by Crippen LogP contribution is -2.30. The van der Waals surface area contributed by atoms with E-state index < -0.39 is 6.10 Å². The first-order valence-corrected chi connectivity index (χ1v) is 31.1. The molecule has 0 spiro atoms. The second kappa shape index (κ2) is 59.9. The average molecular weight is 996 g/mol. The van der Waals surface area contributed by atoms with Crippen LogP contribution in [0.15, 0.2) is 48.6 Å². The summed E-state index contributed by atoms with van der Waals surface area (Å²) in [5.41, 5.74) is 0. The number of ether oxygens (including phenoxy) is 3. The maximum absolute atomic E-state index is 12.9. The molecule has 0 aliphatic heterocycles. The van der Waals surface area contributed by atoms with Gasteiger partial charge >= 0.3 is 17.9 Å². The first kappa shape index (κ1) is 68.4. The van der Waals surface area contributed by atoms with Crippen LogP contribution in [0.1, 0.15) is 329 Å². The molecule has 0 aromatic carbocycles. The van der Waals surface area contributed by atoms with Gasteiger partial charge in [0.25, 0.3) is 0 Å². The number of carbonyl (C=O) groups is 3. The molecule has 0 amide bonds. The molecule has 0 aliphatic carbocycles. The van der Waals surface area contributed by atoms with Crippen LogP contribution in [-0.4, -0.2) is 37.2 Å². The molecule has 71 heavy (non-hydrogen) atoms. The fraction of sp³-hybridized carbons (Fsp3) is 0.831. The maximum Gasteiger partial charge on any atom is 0.306 e. The summed E-state index contributed by atoms with van der Waals surface area (Å²) in [5.74, 6) is -0.852. The number of carbonyl (C=O) groups excluding carboxylic acids is 3. The van der Waals surface area contributed by atoms with Gasteiger partial charge in [-0.3, -0.25) is 14.4 Å². The van der Waals surface area contributed by atoms with Crippen molar-refractivity contribution in [3.05, 3.63) is 48.6 Å². The second-order valence-corrected chi connectivity index (χ2v) is 21.0. The predicted octanol–water partition coefficient (Wildman–Crippen LogP) is 21.0. The van der Waals surface area contributed by atoms with E-state index >= 15 is 0 Å². The number of unbranched alkanes of at least 4 members (excludes halogenated alkanes) is 38. The zero-order chi connectivity index (χ0) is 51.4. The zero-order valence-electron chi connectivity index (χ0n) is 47.5. The van der Waals surface area contributed by atoms with Crippen molar-refractivity contribution in [2.75, 3.05) is 13.2 Å². The molecule has 6 nitrogen and oxygen atoms in total. The Labute approximate surface area is 441 Å².